The van der Waals surface area contributed by atoms with Gasteiger partial charge in [0, 0.05) is 9.75 Å². The molecule has 0 spiro atoms. The molecule has 0 fully saturated rings. The van der Waals surface area contributed by atoms with Crippen LogP contribution in [0.25, 0.3) is 17.7 Å². The van der Waals surface area contributed by atoms with E-state index in [-0.39, 0.29) is 0 Å². The van der Waals surface area contributed by atoms with Gasteiger partial charge in [0.1, 0.15) is 0 Å². The molecule has 0 radical (unpaired) electrons. The minimum absolute atomic E-state index is 0.629. The summed E-state index contributed by atoms with van der Waals surface area (Å²) in [7, 11) is 0. The molecular formula is C24H18N2S. The maximum atomic E-state index is 9.58. The van der Waals surface area contributed by atoms with Crippen LogP contribution in [-0.2, 0) is 0 Å². The molecule has 0 bridgehead atoms. The van der Waals surface area contributed by atoms with E-state index in [9.17, 15) is 10.5 Å². The van der Waals surface area contributed by atoms with Gasteiger partial charge in [-0.2, -0.15) is 10.5 Å². The van der Waals surface area contributed by atoms with Gasteiger partial charge < -0.3 is 0 Å². The summed E-state index contributed by atoms with van der Waals surface area (Å²) in [6.07, 6.45) is 12.9. The molecule has 1 aliphatic rings. The van der Waals surface area contributed by atoms with Crippen molar-refractivity contribution in [3.63, 3.8) is 0 Å². The highest BCUT2D eigenvalue weighted by Gasteiger charge is 2.06. The Kier molecular flexibility index (Phi) is 6.00. The van der Waals surface area contributed by atoms with E-state index in [2.05, 4.69) is 31.2 Å². The molecule has 2 nitrogen and oxygen atoms in total. The molecule has 0 atom stereocenters. The first kappa shape index (κ1) is 18.4. The zero-order valence-corrected chi connectivity index (χ0v) is 15.8. The van der Waals surface area contributed by atoms with Crippen molar-refractivity contribution in [2.24, 2.45) is 0 Å². The van der Waals surface area contributed by atoms with Crippen LogP contribution in [0.1, 0.15) is 28.7 Å². The second-order valence-electron chi connectivity index (χ2n) is 6.12. The van der Waals surface area contributed by atoms with Crippen LogP contribution >= 0.6 is 11.3 Å². The van der Waals surface area contributed by atoms with E-state index in [0.29, 0.717) is 11.1 Å². The van der Waals surface area contributed by atoms with Crippen LogP contribution in [-0.4, -0.2) is 0 Å². The average Bonchev–Trinajstić information content (AvgIpc) is 3.03. The maximum absolute atomic E-state index is 9.58. The summed E-state index contributed by atoms with van der Waals surface area (Å²) < 4.78 is 0. The topological polar surface area (TPSA) is 47.6 Å². The standard InChI is InChI=1S/C24H18N2S/c1-18-6-5-9-20(11-10-18)22(17-26)15-24-13-12-23(27-24)14-21(16-25)19-7-3-2-4-8-19/h2-4,6-15H,5H2,1H3/b21-14+,22-15+. The number of benzene rings is 1. The zero-order chi connectivity index (χ0) is 19.1. The normalized spacial score (nSPS) is 14.6. The van der Waals surface area contributed by atoms with E-state index >= 15 is 0 Å². The van der Waals surface area contributed by atoms with Gasteiger partial charge in [0.25, 0.3) is 0 Å². The molecule has 0 saturated heterocycles. The molecule has 27 heavy (non-hydrogen) atoms. The van der Waals surface area contributed by atoms with Gasteiger partial charge in [0.2, 0.25) is 0 Å². The second-order valence-corrected chi connectivity index (χ2v) is 7.27. The first-order valence-electron chi connectivity index (χ1n) is 8.64. The van der Waals surface area contributed by atoms with Crippen molar-refractivity contribution in [1.29, 1.82) is 10.5 Å². The van der Waals surface area contributed by atoms with E-state index in [1.807, 2.05) is 66.8 Å². The molecule has 0 N–H and O–H groups in total. The summed E-state index contributed by atoms with van der Waals surface area (Å²) in [5.74, 6) is 0. The fraction of sp³-hybridized carbons (Fsp3) is 0.0833. The monoisotopic (exact) mass is 366 g/mol. The van der Waals surface area contributed by atoms with Gasteiger partial charge in [-0.05, 0) is 48.8 Å². The van der Waals surface area contributed by atoms with Crippen molar-refractivity contribution in [3.05, 3.63) is 98.8 Å². The Morgan fingerprint density at radius 3 is 2.22 bits per heavy atom. The molecule has 3 rings (SSSR count). The Morgan fingerprint density at radius 1 is 0.889 bits per heavy atom. The lowest BCUT2D eigenvalue weighted by Gasteiger charge is -1.98. The Balaban J connectivity index is 1.87. The summed E-state index contributed by atoms with van der Waals surface area (Å²) in [6, 6.07) is 18.2. The van der Waals surface area contributed by atoms with E-state index < -0.39 is 0 Å². The third kappa shape index (κ3) is 4.82. The van der Waals surface area contributed by atoms with Crippen LogP contribution in [0, 0.1) is 22.7 Å². The van der Waals surface area contributed by atoms with Gasteiger partial charge in [0.05, 0.1) is 23.3 Å². The third-order valence-electron chi connectivity index (χ3n) is 4.16. The van der Waals surface area contributed by atoms with Crippen molar-refractivity contribution in [2.75, 3.05) is 0 Å². The highest BCUT2D eigenvalue weighted by Crippen LogP contribution is 2.27. The van der Waals surface area contributed by atoms with Crippen molar-refractivity contribution < 1.29 is 0 Å². The predicted molar refractivity (Wildman–Crippen MR) is 113 cm³/mol. The van der Waals surface area contributed by atoms with Crippen molar-refractivity contribution in [1.82, 2.24) is 0 Å². The van der Waals surface area contributed by atoms with E-state index in [0.717, 1.165) is 27.3 Å². The number of nitrogens with zero attached hydrogens (tertiary/aromatic N) is 2. The van der Waals surface area contributed by atoms with Gasteiger partial charge in [-0.1, -0.05) is 60.2 Å². The number of thiophene rings is 1. The Labute approximate surface area is 164 Å². The van der Waals surface area contributed by atoms with Gasteiger partial charge in [-0.3, -0.25) is 0 Å². The molecule has 1 aromatic carbocycles. The second kappa shape index (κ2) is 8.81. The van der Waals surface area contributed by atoms with E-state index in [4.69, 9.17) is 0 Å². The van der Waals surface area contributed by atoms with Crippen LogP contribution < -0.4 is 0 Å². The Hall–Kier alpha value is -3.40. The number of hydrogen-bond donors (Lipinski definition) is 0. The minimum atomic E-state index is 0.629. The molecule has 3 heteroatoms. The van der Waals surface area contributed by atoms with Crippen LogP contribution in [0.4, 0.5) is 0 Å². The average molecular weight is 366 g/mol. The van der Waals surface area contributed by atoms with Crippen LogP contribution in [0.15, 0.2) is 83.5 Å². The molecule has 1 heterocycles. The lowest BCUT2D eigenvalue weighted by atomic mass is 10.1. The highest BCUT2D eigenvalue weighted by atomic mass is 32.1. The molecule has 0 amide bonds. The van der Waals surface area contributed by atoms with Crippen LogP contribution in [0.3, 0.4) is 0 Å². The number of nitriles is 2. The molecule has 0 unspecified atom stereocenters. The van der Waals surface area contributed by atoms with Crippen LogP contribution in [0.5, 0.6) is 0 Å². The summed E-state index contributed by atoms with van der Waals surface area (Å²) >= 11 is 1.57. The molecule has 1 aromatic heterocycles. The molecule has 0 aliphatic heterocycles. The SMILES string of the molecule is CC1=CCC=C(/C(C#N)=C/c2ccc(/C=C(\C#N)c3ccccc3)s2)C=C1. The van der Waals surface area contributed by atoms with E-state index in [1.54, 1.807) is 11.3 Å². The highest BCUT2D eigenvalue weighted by molar-refractivity contribution is 7.13. The van der Waals surface area contributed by atoms with Crippen molar-refractivity contribution >= 4 is 29.1 Å². The summed E-state index contributed by atoms with van der Waals surface area (Å²) in [5, 5.41) is 19.0. The summed E-state index contributed by atoms with van der Waals surface area (Å²) in [5.41, 5.74) is 4.32. The fourth-order valence-electron chi connectivity index (χ4n) is 2.71. The van der Waals surface area contributed by atoms with Gasteiger partial charge in [0.15, 0.2) is 0 Å². The van der Waals surface area contributed by atoms with Gasteiger partial charge in [-0.15, -0.1) is 11.3 Å². The van der Waals surface area contributed by atoms with Gasteiger partial charge in [-0.25, -0.2) is 0 Å². The number of rotatable bonds is 4. The smallest absolute Gasteiger partial charge is 0.0998 e. The van der Waals surface area contributed by atoms with E-state index in [1.165, 1.54) is 5.57 Å². The fourth-order valence-corrected chi connectivity index (χ4v) is 3.61. The van der Waals surface area contributed by atoms with Gasteiger partial charge >= 0.3 is 0 Å². The maximum Gasteiger partial charge on any atom is 0.0998 e. The zero-order valence-electron chi connectivity index (χ0n) is 15.0. The van der Waals surface area contributed by atoms with Crippen LogP contribution in [0.2, 0.25) is 0 Å². The number of hydrogen-bond acceptors (Lipinski definition) is 3. The molecule has 0 saturated carbocycles. The third-order valence-corrected chi connectivity index (χ3v) is 5.14. The lowest BCUT2D eigenvalue weighted by molar-refractivity contribution is 1.33. The predicted octanol–water partition coefficient (Wildman–Crippen LogP) is 6.55. The molecule has 1 aliphatic carbocycles. The molecule has 130 valence electrons. The van der Waals surface area contributed by atoms with Crippen molar-refractivity contribution in [3.8, 4) is 12.1 Å². The first-order valence-corrected chi connectivity index (χ1v) is 9.45. The quantitative estimate of drug-likeness (QED) is 0.576. The largest absolute Gasteiger partial charge is 0.192 e. The first-order chi connectivity index (χ1) is 13.2. The summed E-state index contributed by atoms with van der Waals surface area (Å²) in [4.78, 5) is 1.98. The number of allylic oxidation sites excluding steroid dienone is 8. The Morgan fingerprint density at radius 2 is 1.56 bits per heavy atom. The summed E-state index contributed by atoms with van der Waals surface area (Å²) in [6.45, 7) is 2.06. The minimum Gasteiger partial charge on any atom is -0.192 e. The molecule has 2 aromatic rings. The lowest BCUT2D eigenvalue weighted by Crippen LogP contribution is -1.83. The Bertz CT molecular complexity index is 1060. The van der Waals surface area contributed by atoms with Crippen molar-refractivity contribution in [2.45, 2.75) is 13.3 Å². The molecular weight excluding hydrogens is 348 g/mol.